The number of hydrogen-bond donors (Lipinski definition) is 3. The molecule has 1 fully saturated rings. The monoisotopic (exact) mass is 283 g/mol. The van der Waals surface area contributed by atoms with Crippen molar-refractivity contribution in [3.05, 3.63) is 0 Å². The third-order valence-electron chi connectivity index (χ3n) is 4.85. The molecule has 5 nitrogen and oxygen atoms in total. The van der Waals surface area contributed by atoms with Crippen LogP contribution in [0.2, 0.25) is 0 Å². The van der Waals surface area contributed by atoms with Crippen LogP contribution in [0, 0.1) is 11.3 Å². The molecule has 2 amide bonds. The second-order valence-corrected chi connectivity index (χ2v) is 6.68. The van der Waals surface area contributed by atoms with Gasteiger partial charge in [0.25, 0.3) is 0 Å². The fourth-order valence-electron chi connectivity index (χ4n) is 2.93. The quantitative estimate of drug-likeness (QED) is 0.685. The number of hydrogen-bond acceptors (Lipinski definition) is 3. The van der Waals surface area contributed by atoms with E-state index in [1.165, 1.54) is 6.42 Å². The number of rotatable bonds is 6. The first-order valence-corrected chi connectivity index (χ1v) is 7.60. The van der Waals surface area contributed by atoms with Crippen molar-refractivity contribution in [1.29, 1.82) is 0 Å². The molecule has 1 saturated carbocycles. The summed E-state index contributed by atoms with van der Waals surface area (Å²) in [6.45, 7) is 6.87. The van der Waals surface area contributed by atoms with Crippen LogP contribution >= 0.6 is 0 Å². The summed E-state index contributed by atoms with van der Waals surface area (Å²) in [5, 5.41) is 2.94. The molecule has 0 aromatic heterocycles. The van der Waals surface area contributed by atoms with E-state index in [2.05, 4.69) is 26.1 Å². The van der Waals surface area contributed by atoms with Crippen LogP contribution in [0.15, 0.2) is 0 Å². The van der Waals surface area contributed by atoms with E-state index in [0.29, 0.717) is 5.41 Å². The Balaban J connectivity index is 2.39. The molecule has 0 radical (unpaired) electrons. The van der Waals surface area contributed by atoms with Crippen molar-refractivity contribution in [3.8, 4) is 0 Å². The zero-order valence-electron chi connectivity index (χ0n) is 12.9. The number of amides is 2. The van der Waals surface area contributed by atoms with E-state index >= 15 is 0 Å². The largest absolute Gasteiger partial charge is 0.370 e. The molecule has 0 aromatic carbocycles. The summed E-state index contributed by atoms with van der Waals surface area (Å²) >= 11 is 0. The van der Waals surface area contributed by atoms with Crippen LogP contribution in [-0.2, 0) is 9.59 Å². The number of carbonyl (C=O) groups excluding carboxylic acids is 2. The topological polar surface area (TPSA) is 98.2 Å². The molecular formula is C15H29N3O2. The van der Waals surface area contributed by atoms with Crippen molar-refractivity contribution in [1.82, 2.24) is 5.32 Å². The van der Waals surface area contributed by atoms with Crippen LogP contribution in [0.1, 0.15) is 59.3 Å². The van der Waals surface area contributed by atoms with Crippen molar-refractivity contribution >= 4 is 11.8 Å². The van der Waals surface area contributed by atoms with Gasteiger partial charge in [0, 0.05) is 6.04 Å². The molecule has 0 heterocycles. The average Bonchev–Trinajstić information content (AvgIpc) is 2.38. The van der Waals surface area contributed by atoms with Gasteiger partial charge < -0.3 is 16.8 Å². The Kier molecular flexibility index (Phi) is 5.99. The smallest absolute Gasteiger partial charge is 0.237 e. The molecule has 116 valence electrons. The number of primary amides is 1. The molecule has 0 saturated heterocycles. The van der Waals surface area contributed by atoms with E-state index in [-0.39, 0.29) is 18.4 Å². The third kappa shape index (κ3) is 4.78. The summed E-state index contributed by atoms with van der Waals surface area (Å²) in [5.41, 5.74) is 11.1. The Morgan fingerprint density at radius 2 is 1.80 bits per heavy atom. The number of nitrogens with one attached hydrogen (secondary N) is 1. The molecule has 0 aliphatic heterocycles. The fourth-order valence-corrected chi connectivity index (χ4v) is 2.93. The lowest BCUT2D eigenvalue weighted by Gasteiger charge is -2.39. The van der Waals surface area contributed by atoms with Crippen molar-refractivity contribution in [2.24, 2.45) is 22.8 Å². The molecule has 1 atom stereocenters. The van der Waals surface area contributed by atoms with E-state index in [1.54, 1.807) is 0 Å². The maximum atomic E-state index is 11.8. The summed E-state index contributed by atoms with van der Waals surface area (Å²) in [6, 6.07) is -0.636. The molecule has 0 bridgehead atoms. The van der Waals surface area contributed by atoms with Gasteiger partial charge in [-0.1, -0.05) is 27.2 Å². The van der Waals surface area contributed by atoms with Crippen molar-refractivity contribution < 1.29 is 9.59 Å². The van der Waals surface area contributed by atoms with Gasteiger partial charge in [-0.25, -0.2) is 0 Å². The summed E-state index contributed by atoms with van der Waals surface area (Å²) in [4.78, 5) is 22.6. The highest BCUT2D eigenvalue weighted by atomic mass is 16.2. The normalized spacial score (nSPS) is 25.0. The average molecular weight is 283 g/mol. The minimum atomic E-state index is -0.822. The van der Waals surface area contributed by atoms with Gasteiger partial charge in [0.15, 0.2) is 0 Å². The van der Waals surface area contributed by atoms with Gasteiger partial charge in [0.05, 0.1) is 12.5 Å². The van der Waals surface area contributed by atoms with Gasteiger partial charge >= 0.3 is 0 Å². The molecule has 1 aliphatic rings. The molecule has 1 rings (SSSR count). The summed E-state index contributed by atoms with van der Waals surface area (Å²) in [7, 11) is 0. The Morgan fingerprint density at radius 1 is 1.25 bits per heavy atom. The lowest BCUT2D eigenvalue weighted by molar-refractivity contribution is -0.127. The molecule has 5 N–H and O–H groups in total. The Hall–Kier alpha value is -1.10. The van der Waals surface area contributed by atoms with Crippen molar-refractivity contribution in [2.75, 3.05) is 0 Å². The predicted octanol–water partition coefficient (Wildman–Crippen LogP) is 1.30. The number of nitrogens with two attached hydrogens (primary N) is 2. The maximum absolute atomic E-state index is 11.8. The summed E-state index contributed by atoms with van der Waals surface area (Å²) in [5.74, 6) is -0.0806. The highest BCUT2D eigenvalue weighted by Crippen LogP contribution is 2.40. The van der Waals surface area contributed by atoms with E-state index in [1.807, 2.05) is 0 Å². The molecule has 0 spiro atoms. The Bertz CT molecular complexity index is 347. The molecule has 0 aromatic rings. The fraction of sp³-hybridized carbons (Fsp3) is 0.867. The van der Waals surface area contributed by atoms with Crippen LogP contribution in [0.25, 0.3) is 0 Å². The second-order valence-electron chi connectivity index (χ2n) is 6.68. The SMILES string of the molecule is CCC(C)(C)C1CCC(NC(=O)C(N)CC(N)=O)CC1. The zero-order chi connectivity index (χ0) is 15.3. The first-order chi connectivity index (χ1) is 9.26. The van der Waals surface area contributed by atoms with Gasteiger partial charge in [-0.3, -0.25) is 9.59 Å². The predicted molar refractivity (Wildman–Crippen MR) is 79.7 cm³/mol. The third-order valence-corrected chi connectivity index (χ3v) is 4.85. The Morgan fingerprint density at radius 3 is 2.25 bits per heavy atom. The molecular weight excluding hydrogens is 254 g/mol. The van der Waals surface area contributed by atoms with Crippen LogP contribution in [0.4, 0.5) is 0 Å². The highest BCUT2D eigenvalue weighted by Gasteiger charge is 2.32. The molecule has 20 heavy (non-hydrogen) atoms. The van der Waals surface area contributed by atoms with Crippen LogP contribution < -0.4 is 16.8 Å². The van der Waals surface area contributed by atoms with Crippen LogP contribution in [-0.4, -0.2) is 23.9 Å². The zero-order valence-corrected chi connectivity index (χ0v) is 12.9. The first kappa shape index (κ1) is 17.0. The van der Waals surface area contributed by atoms with Crippen LogP contribution in [0.3, 0.4) is 0 Å². The maximum Gasteiger partial charge on any atom is 0.237 e. The van der Waals surface area contributed by atoms with E-state index in [0.717, 1.165) is 31.6 Å². The van der Waals surface area contributed by atoms with Crippen molar-refractivity contribution in [3.63, 3.8) is 0 Å². The van der Waals surface area contributed by atoms with E-state index < -0.39 is 11.9 Å². The lowest BCUT2D eigenvalue weighted by atomic mass is 9.69. The minimum absolute atomic E-state index is 0.0932. The summed E-state index contributed by atoms with van der Waals surface area (Å²) in [6.07, 6.45) is 5.34. The van der Waals surface area contributed by atoms with Crippen molar-refractivity contribution in [2.45, 2.75) is 71.4 Å². The highest BCUT2D eigenvalue weighted by molar-refractivity contribution is 5.87. The van der Waals surface area contributed by atoms with Crippen LogP contribution in [0.5, 0.6) is 0 Å². The van der Waals surface area contributed by atoms with Gasteiger partial charge in [-0.05, 0) is 37.0 Å². The van der Waals surface area contributed by atoms with Gasteiger partial charge in [0.2, 0.25) is 11.8 Å². The molecule has 1 unspecified atom stereocenters. The first-order valence-electron chi connectivity index (χ1n) is 7.60. The van der Waals surface area contributed by atoms with E-state index in [9.17, 15) is 9.59 Å². The Labute approximate surface area is 121 Å². The summed E-state index contributed by atoms with van der Waals surface area (Å²) < 4.78 is 0. The molecule has 1 aliphatic carbocycles. The standard InChI is InChI=1S/C15H29N3O2/c1-4-15(2,3)10-5-7-11(8-6-10)18-14(20)12(16)9-13(17)19/h10-12H,4-9,16H2,1-3H3,(H2,17,19)(H,18,20). The minimum Gasteiger partial charge on any atom is -0.370 e. The number of carbonyl (C=O) groups is 2. The lowest BCUT2D eigenvalue weighted by Crippen LogP contribution is -2.48. The molecule has 5 heteroatoms. The van der Waals surface area contributed by atoms with Gasteiger partial charge in [0.1, 0.15) is 0 Å². The van der Waals surface area contributed by atoms with Gasteiger partial charge in [-0.15, -0.1) is 0 Å². The van der Waals surface area contributed by atoms with E-state index in [4.69, 9.17) is 11.5 Å². The second kappa shape index (κ2) is 7.07. The van der Waals surface area contributed by atoms with Gasteiger partial charge in [-0.2, -0.15) is 0 Å².